The molecule has 9 rings (SSSR count). The van der Waals surface area contributed by atoms with Crippen molar-refractivity contribution >= 4 is 33.9 Å². The van der Waals surface area contributed by atoms with Crippen LogP contribution < -0.4 is 11.1 Å². The van der Waals surface area contributed by atoms with Crippen LogP contribution in [0, 0.1) is 29.5 Å². The summed E-state index contributed by atoms with van der Waals surface area (Å²) in [5, 5.41) is 3.52. The van der Waals surface area contributed by atoms with Crippen molar-refractivity contribution < 1.29 is 31.5 Å². The second-order valence-corrected chi connectivity index (χ2v) is 15.6. The second kappa shape index (κ2) is 11.7. The summed E-state index contributed by atoms with van der Waals surface area (Å²) in [7, 11) is 0. The summed E-state index contributed by atoms with van der Waals surface area (Å²) in [6.07, 6.45) is 0.929. The molecule has 5 heterocycles. The molecule has 5 aliphatic rings. The Hall–Kier alpha value is -4.07. The first-order valence-electron chi connectivity index (χ1n) is 18.1. The SMILES string of the molecule is C[C@H]1NC(=O)[C@@H]2C[C@H]2CCCC(F)(F)Cn2c(-c3nc4cc(C(=O)N5C[C@H](N)[C@@H]6CC[C@H]5C6)cc(F)c4n3[C@H]3C[C@H]3C(F)F)cc3ccc1nc32. The Labute approximate surface area is 290 Å². The minimum absolute atomic E-state index is 0.0120. The van der Waals surface area contributed by atoms with Crippen LogP contribution in [0.25, 0.3) is 33.6 Å². The van der Waals surface area contributed by atoms with E-state index < -0.39 is 49.1 Å². The lowest BCUT2D eigenvalue weighted by molar-refractivity contribution is -0.123. The zero-order valence-corrected chi connectivity index (χ0v) is 28.2. The minimum atomic E-state index is -3.18. The zero-order chi connectivity index (χ0) is 35.5. The number of fused-ring (bicyclic) bond motifs is 5. The molecule has 8 atom stereocenters. The Bertz CT molecular complexity index is 2080. The van der Waals surface area contributed by atoms with Crippen molar-refractivity contribution in [3.05, 3.63) is 47.4 Å². The molecule has 2 aliphatic heterocycles. The molecule has 2 amide bonds. The Morgan fingerprint density at radius 3 is 2.67 bits per heavy atom. The molecule has 51 heavy (non-hydrogen) atoms. The fourth-order valence-corrected chi connectivity index (χ4v) is 9.12. The number of benzene rings is 1. The maximum absolute atomic E-state index is 16.3. The van der Waals surface area contributed by atoms with Crippen LogP contribution in [0.4, 0.5) is 22.0 Å². The van der Waals surface area contributed by atoms with Crippen LogP contribution in [0.1, 0.15) is 86.4 Å². The van der Waals surface area contributed by atoms with E-state index >= 15 is 13.2 Å². The second-order valence-electron chi connectivity index (χ2n) is 15.6. The number of pyridine rings is 1. The van der Waals surface area contributed by atoms with Crippen LogP contribution in [-0.2, 0) is 11.3 Å². The third-order valence-corrected chi connectivity index (χ3v) is 12.2. The van der Waals surface area contributed by atoms with E-state index in [4.69, 9.17) is 15.7 Å². The van der Waals surface area contributed by atoms with E-state index in [-0.39, 0.29) is 82.3 Å². The number of likely N-dealkylation sites (tertiary alicyclic amines) is 1. The maximum Gasteiger partial charge on any atom is 0.265 e. The van der Waals surface area contributed by atoms with Gasteiger partial charge in [0.2, 0.25) is 12.3 Å². The molecule has 4 bridgehead atoms. The molecule has 4 aromatic rings. The smallest absolute Gasteiger partial charge is 0.265 e. The van der Waals surface area contributed by atoms with Crippen molar-refractivity contribution in [2.75, 3.05) is 6.54 Å². The minimum Gasteiger partial charge on any atom is -0.348 e. The summed E-state index contributed by atoms with van der Waals surface area (Å²) in [4.78, 5) is 37.9. The normalized spacial score (nSPS) is 31.6. The summed E-state index contributed by atoms with van der Waals surface area (Å²) in [5.74, 6) is -5.24. The number of nitrogens with one attached hydrogen (secondary N) is 1. The highest BCUT2D eigenvalue weighted by molar-refractivity contribution is 5.98. The van der Waals surface area contributed by atoms with Gasteiger partial charge in [0.25, 0.3) is 11.8 Å². The summed E-state index contributed by atoms with van der Waals surface area (Å²) < 4.78 is 79.0. The van der Waals surface area contributed by atoms with Crippen LogP contribution in [0.2, 0.25) is 0 Å². The number of piperidine rings is 1. The van der Waals surface area contributed by atoms with Gasteiger partial charge in [0.1, 0.15) is 17.0 Å². The number of imidazole rings is 1. The van der Waals surface area contributed by atoms with Crippen LogP contribution in [0.15, 0.2) is 30.3 Å². The number of nitrogens with zero attached hydrogens (tertiary/aromatic N) is 5. The molecule has 4 fully saturated rings. The third kappa shape index (κ3) is 5.59. The van der Waals surface area contributed by atoms with Crippen LogP contribution in [0.5, 0.6) is 0 Å². The van der Waals surface area contributed by atoms with Gasteiger partial charge in [-0.2, -0.15) is 0 Å². The molecule has 3 aromatic heterocycles. The molecule has 3 aliphatic carbocycles. The molecule has 0 radical (unpaired) electrons. The lowest BCUT2D eigenvalue weighted by Gasteiger charge is -2.37. The first-order valence-corrected chi connectivity index (χ1v) is 18.1. The topological polar surface area (TPSA) is 111 Å². The van der Waals surface area contributed by atoms with E-state index in [0.29, 0.717) is 36.4 Å². The number of hydrogen-bond donors (Lipinski definition) is 2. The predicted molar refractivity (Wildman–Crippen MR) is 179 cm³/mol. The Morgan fingerprint density at radius 2 is 1.88 bits per heavy atom. The predicted octanol–water partition coefficient (Wildman–Crippen LogP) is 6.60. The molecule has 9 nitrogen and oxygen atoms in total. The molecule has 0 spiro atoms. The van der Waals surface area contributed by atoms with Gasteiger partial charge in [-0.25, -0.2) is 31.9 Å². The highest BCUT2D eigenvalue weighted by atomic mass is 19.3. The largest absolute Gasteiger partial charge is 0.348 e. The number of rotatable bonds is 4. The van der Waals surface area contributed by atoms with Gasteiger partial charge >= 0.3 is 0 Å². The quantitative estimate of drug-likeness (QED) is 0.232. The summed E-state index contributed by atoms with van der Waals surface area (Å²) in [6, 6.07) is 6.20. The Kier molecular flexibility index (Phi) is 7.54. The van der Waals surface area contributed by atoms with Crippen molar-refractivity contribution in [1.82, 2.24) is 29.3 Å². The standard InChI is InChI=1S/C37H40F5N7O2/c1-17-27-7-5-20-13-30(48(33(20)45-27)16-37(41,42)8-2-3-18-10-23(18)35(50)44-17)34-46-28-12-21(36(51)47-15-26(43)19-4-6-22(47)9-19)11-25(38)31(28)49(34)29-14-24(29)32(39)40/h5,7,11-13,17-19,22-24,26,29,32H,2-4,6,8-10,14-16,43H2,1H3,(H,44,50)/t17-,18-,19-,22+,23-,24-,26+,29+/m1/s1. The molecule has 1 saturated heterocycles. The van der Waals surface area contributed by atoms with E-state index in [1.807, 2.05) is 0 Å². The van der Waals surface area contributed by atoms with Gasteiger partial charge in [-0.05, 0) is 94.0 Å². The molecule has 270 valence electrons. The van der Waals surface area contributed by atoms with Gasteiger partial charge in [-0.15, -0.1) is 0 Å². The summed E-state index contributed by atoms with van der Waals surface area (Å²) in [5.41, 5.74) is 7.34. The van der Waals surface area contributed by atoms with Crippen molar-refractivity contribution in [2.45, 2.75) is 101 Å². The van der Waals surface area contributed by atoms with Crippen molar-refractivity contribution in [1.29, 1.82) is 0 Å². The average molecular weight is 710 g/mol. The van der Waals surface area contributed by atoms with E-state index in [2.05, 4.69) is 5.32 Å². The van der Waals surface area contributed by atoms with Crippen LogP contribution >= 0.6 is 0 Å². The maximum atomic E-state index is 16.3. The molecule has 3 N–H and O–H groups in total. The van der Waals surface area contributed by atoms with E-state index in [1.54, 1.807) is 30.0 Å². The molecular weight excluding hydrogens is 669 g/mol. The molecular formula is C37H40F5N7O2. The lowest BCUT2D eigenvalue weighted by atomic mass is 9.94. The Morgan fingerprint density at radius 1 is 1.06 bits per heavy atom. The molecule has 3 saturated carbocycles. The van der Waals surface area contributed by atoms with Crippen molar-refractivity contribution in [2.24, 2.45) is 29.4 Å². The highest BCUT2D eigenvalue weighted by Crippen LogP contribution is 2.51. The van der Waals surface area contributed by atoms with Gasteiger partial charge in [-0.3, -0.25) is 9.59 Å². The number of hydrogen-bond acceptors (Lipinski definition) is 5. The monoisotopic (exact) mass is 709 g/mol. The van der Waals surface area contributed by atoms with Crippen LogP contribution in [-0.4, -0.2) is 66.8 Å². The zero-order valence-electron chi connectivity index (χ0n) is 28.2. The number of carbonyl (C=O) groups is 2. The number of amides is 2. The number of alkyl halides is 4. The van der Waals surface area contributed by atoms with E-state index in [1.165, 1.54) is 15.2 Å². The first kappa shape index (κ1) is 32.8. The van der Waals surface area contributed by atoms with Crippen LogP contribution in [0.3, 0.4) is 0 Å². The van der Waals surface area contributed by atoms with Gasteiger partial charge in [0.05, 0.1) is 29.5 Å². The highest BCUT2D eigenvalue weighted by Gasteiger charge is 2.49. The van der Waals surface area contributed by atoms with Crippen molar-refractivity contribution in [3.63, 3.8) is 0 Å². The van der Waals surface area contributed by atoms with Gasteiger partial charge in [-0.1, -0.05) is 0 Å². The van der Waals surface area contributed by atoms with Gasteiger partial charge in [0, 0.05) is 53.9 Å². The first-order chi connectivity index (χ1) is 24.4. The van der Waals surface area contributed by atoms with Gasteiger partial charge in [0.15, 0.2) is 5.82 Å². The Balaban J connectivity index is 1.19. The molecule has 1 aromatic carbocycles. The third-order valence-electron chi connectivity index (χ3n) is 12.2. The fourth-order valence-electron chi connectivity index (χ4n) is 9.12. The summed E-state index contributed by atoms with van der Waals surface area (Å²) >= 11 is 0. The van der Waals surface area contributed by atoms with E-state index in [9.17, 15) is 18.4 Å². The van der Waals surface area contributed by atoms with Crippen molar-refractivity contribution in [3.8, 4) is 11.5 Å². The average Bonchev–Trinajstić information content (AvgIpc) is 3.93. The molecule has 0 unspecified atom stereocenters. The fraction of sp³-hybridized carbons (Fsp3) is 0.568. The number of halogens is 5. The number of nitrogens with two attached hydrogens (primary N) is 1. The lowest BCUT2D eigenvalue weighted by Crippen LogP contribution is -2.51. The summed E-state index contributed by atoms with van der Waals surface area (Å²) in [6.45, 7) is 1.39. The van der Waals surface area contributed by atoms with E-state index in [0.717, 1.165) is 25.3 Å². The number of carbonyl (C=O) groups excluding carboxylic acids is 2. The molecule has 14 heteroatoms. The van der Waals surface area contributed by atoms with Gasteiger partial charge < -0.3 is 25.1 Å². The number of aromatic nitrogens is 4.